The van der Waals surface area contributed by atoms with Gasteiger partial charge < -0.3 is 10.2 Å². The number of nitrogens with zero attached hydrogens (tertiary/aromatic N) is 3. The quantitative estimate of drug-likeness (QED) is 0.826. The van der Waals surface area contributed by atoms with Crippen molar-refractivity contribution in [3.8, 4) is 6.07 Å². The number of nitrogens with one attached hydrogen (secondary N) is 1. The van der Waals surface area contributed by atoms with E-state index in [0.29, 0.717) is 23.8 Å². The Balaban J connectivity index is 2.88. The smallest absolute Gasteiger partial charge is 0.242 e. The minimum atomic E-state index is -3.48. The van der Waals surface area contributed by atoms with E-state index in [4.69, 9.17) is 17.5 Å². The Morgan fingerprint density at radius 1 is 1.38 bits per heavy atom. The first kappa shape index (κ1) is 17.4. The van der Waals surface area contributed by atoms with Crippen molar-refractivity contribution in [1.29, 1.82) is 5.26 Å². The van der Waals surface area contributed by atoms with E-state index in [1.54, 1.807) is 24.1 Å². The second kappa shape index (κ2) is 7.36. The molecule has 0 radical (unpaired) electrons. The number of anilines is 1. The van der Waals surface area contributed by atoms with Crippen LogP contribution in [0, 0.1) is 11.3 Å². The van der Waals surface area contributed by atoms with Gasteiger partial charge in [0.25, 0.3) is 0 Å². The molecule has 8 heteroatoms. The summed E-state index contributed by atoms with van der Waals surface area (Å²) in [6.07, 6.45) is 0.368. The summed E-state index contributed by atoms with van der Waals surface area (Å²) < 4.78 is 25.3. The van der Waals surface area contributed by atoms with E-state index in [1.807, 2.05) is 6.07 Å². The van der Waals surface area contributed by atoms with Crippen molar-refractivity contribution < 1.29 is 8.42 Å². The van der Waals surface area contributed by atoms with Crippen molar-refractivity contribution in [2.75, 3.05) is 33.0 Å². The number of benzene rings is 1. The van der Waals surface area contributed by atoms with E-state index >= 15 is 0 Å². The fourth-order valence-electron chi connectivity index (χ4n) is 1.48. The van der Waals surface area contributed by atoms with Gasteiger partial charge >= 0.3 is 0 Å². The molecule has 1 aromatic rings. The maximum Gasteiger partial charge on any atom is 0.242 e. The van der Waals surface area contributed by atoms with Gasteiger partial charge in [0.2, 0.25) is 10.0 Å². The maximum absolute atomic E-state index is 12.1. The highest BCUT2D eigenvalue weighted by Gasteiger charge is 2.17. The third kappa shape index (κ3) is 4.67. The molecule has 0 unspecified atom stereocenters. The number of thiocarbonyl (C=S) groups is 1. The predicted molar refractivity (Wildman–Crippen MR) is 86.4 cm³/mol. The number of hydrogen-bond acceptors (Lipinski definition) is 4. The van der Waals surface area contributed by atoms with E-state index < -0.39 is 10.0 Å². The van der Waals surface area contributed by atoms with Gasteiger partial charge in [-0.25, -0.2) is 12.7 Å². The molecule has 0 aliphatic rings. The molecule has 114 valence electrons. The lowest BCUT2D eigenvalue weighted by Crippen LogP contribution is -2.31. The van der Waals surface area contributed by atoms with Crippen LogP contribution in [0.1, 0.15) is 6.42 Å². The zero-order valence-corrected chi connectivity index (χ0v) is 13.8. The van der Waals surface area contributed by atoms with Crippen LogP contribution in [0.15, 0.2) is 29.2 Å². The molecule has 6 nitrogen and oxygen atoms in total. The van der Waals surface area contributed by atoms with Crippen LogP contribution >= 0.6 is 12.2 Å². The van der Waals surface area contributed by atoms with Crippen molar-refractivity contribution >= 4 is 33.0 Å². The Bertz CT molecular complexity index is 650. The fraction of sp³-hybridized carbons (Fsp3) is 0.385. The van der Waals surface area contributed by atoms with E-state index in [0.717, 1.165) is 4.31 Å². The highest BCUT2D eigenvalue weighted by atomic mass is 32.2. The first-order valence-corrected chi connectivity index (χ1v) is 8.05. The first-order chi connectivity index (χ1) is 9.78. The Morgan fingerprint density at radius 3 is 2.62 bits per heavy atom. The van der Waals surface area contributed by atoms with Crippen LogP contribution in [0.5, 0.6) is 0 Å². The number of rotatable bonds is 5. The van der Waals surface area contributed by atoms with Gasteiger partial charge in [-0.2, -0.15) is 5.26 Å². The van der Waals surface area contributed by atoms with E-state index in [2.05, 4.69) is 5.32 Å². The SMILES string of the molecule is CN(CCC#N)C(=S)Nc1cccc(S(=O)(=O)N(C)C)c1. The molecule has 0 aromatic heterocycles. The molecule has 0 heterocycles. The van der Waals surface area contributed by atoms with Crippen molar-refractivity contribution in [2.24, 2.45) is 0 Å². The molecule has 0 aliphatic carbocycles. The van der Waals surface area contributed by atoms with Crippen molar-refractivity contribution in [2.45, 2.75) is 11.3 Å². The highest BCUT2D eigenvalue weighted by molar-refractivity contribution is 7.89. The van der Waals surface area contributed by atoms with Gasteiger partial charge in [0.05, 0.1) is 17.4 Å². The van der Waals surface area contributed by atoms with Crippen LogP contribution in [0.2, 0.25) is 0 Å². The molecule has 0 fully saturated rings. The minimum Gasteiger partial charge on any atom is -0.351 e. The fourth-order valence-corrected chi connectivity index (χ4v) is 2.64. The number of sulfonamides is 1. The lowest BCUT2D eigenvalue weighted by molar-refractivity contribution is 0.520. The minimum absolute atomic E-state index is 0.194. The molecule has 0 atom stereocenters. The molecule has 0 spiro atoms. The highest BCUT2D eigenvalue weighted by Crippen LogP contribution is 2.18. The summed E-state index contributed by atoms with van der Waals surface area (Å²) in [5, 5.41) is 12.0. The summed E-state index contributed by atoms with van der Waals surface area (Å²) in [5.41, 5.74) is 0.590. The standard InChI is InChI=1S/C13H18N4O2S2/c1-16(2)21(18,19)12-7-4-6-11(10-12)15-13(20)17(3)9-5-8-14/h4,6-7,10H,5,9H2,1-3H3,(H,15,20). The van der Waals surface area contributed by atoms with E-state index in [1.165, 1.54) is 26.2 Å². The lowest BCUT2D eigenvalue weighted by Gasteiger charge is -2.20. The monoisotopic (exact) mass is 326 g/mol. The van der Waals surface area contributed by atoms with Crippen LogP contribution in [0.25, 0.3) is 0 Å². The molecule has 1 N–H and O–H groups in total. The molecule has 21 heavy (non-hydrogen) atoms. The van der Waals surface area contributed by atoms with Gasteiger partial charge in [0.1, 0.15) is 0 Å². The average molecular weight is 326 g/mol. The van der Waals surface area contributed by atoms with Gasteiger partial charge in [-0.1, -0.05) is 6.07 Å². The summed E-state index contributed by atoms with van der Waals surface area (Å²) in [6, 6.07) is 8.49. The molecule has 0 saturated carbocycles. The summed E-state index contributed by atoms with van der Waals surface area (Å²) in [7, 11) is 1.26. The zero-order valence-electron chi connectivity index (χ0n) is 12.2. The maximum atomic E-state index is 12.1. The summed E-state index contributed by atoms with van der Waals surface area (Å²) in [4.78, 5) is 1.92. The average Bonchev–Trinajstić information content (AvgIpc) is 2.44. The molecule has 0 saturated heterocycles. The van der Waals surface area contributed by atoms with Gasteiger partial charge in [-0.3, -0.25) is 0 Å². The number of nitriles is 1. The molecular formula is C13H18N4O2S2. The van der Waals surface area contributed by atoms with Gasteiger partial charge in [-0.05, 0) is 30.4 Å². The molecule has 0 bridgehead atoms. The molecule has 0 amide bonds. The Labute approximate surface area is 131 Å². The molecule has 1 aromatic carbocycles. The van der Waals surface area contributed by atoms with Crippen LogP contribution in [-0.2, 0) is 10.0 Å². The second-order valence-electron chi connectivity index (χ2n) is 4.58. The largest absolute Gasteiger partial charge is 0.351 e. The third-order valence-electron chi connectivity index (χ3n) is 2.77. The van der Waals surface area contributed by atoms with Crippen LogP contribution in [0.3, 0.4) is 0 Å². The van der Waals surface area contributed by atoms with E-state index in [9.17, 15) is 8.42 Å². The van der Waals surface area contributed by atoms with Crippen LogP contribution in [-0.4, -0.2) is 50.4 Å². The van der Waals surface area contributed by atoms with Gasteiger partial charge in [0, 0.05) is 33.4 Å². The Hall–Kier alpha value is -1.69. The normalized spacial score (nSPS) is 11.0. The lowest BCUT2D eigenvalue weighted by atomic mass is 10.3. The molecule has 0 aliphatic heterocycles. The second-order valence-corrected chi connectivity index (χ2v) is 7.11. The molecule has 1 rings (SSSR count). The Kier molecular flexibility index (Phi) is 6.08. The van der Waals surface area contributed by atoms with Gasteiger partial charge in [-0.15, -0.1) is 0 Å². The van der Waals surface area contributed by atoms with Crippen molar-refractivity contribution in [1.82, 2.24) is 9.21 Å². The first-order valence-electron chi connectivity index (χ1n) is 6.20. The van der Waals surface area contributed by atoms with Crippen molar-refractivity contribution in [3.05, 3.63) is 24.3 Å². The van der Waals surface area contributed by atoms with Crippen LogP contribution < -0.4 is 5.32 Å². The van der Waals surface area contributed by atoms with E-state index in [-0.39, 0.29) is 4.90 Å². The van der Waals surface area contributed by atoms with Gasteiger partial charge in [0.15, 0.2) is 5.11 Å². The van der Waals surface area contributed by atoms with Crippen LogP contribution in [0.4, 0.5) is 5.69 Å². The predicted octanol–water partition coefficient (Wildman–Crippen LogP) is 1.48. The topological polar surface area (TPSA) is 76.4 Å². The number of hydrogen-bond donors (Lipinski definition) is 1. The zero-order chi connectivity index (χ0) is 16.0. The summed E-state index contributed by atoms with van der Waals surface area (Å²) >= 11 is 5.21. The summed E-state index contributed by atoms with van der Waals surface area (Å²) in [6.45, 7) is 0.512. The molecular weight excluding hydrogens is 308 g/mol. The Morgan fingerprint density at radius 2 is 2.05 bits per heavy atom. The van der Waals surface area contributed by atoms with Crippen molar-refractivity contribution in [3.63, 3.8) is 0 Å². The summed E-state index contributed by atoms with van der Waals surface area (Å²) in [5.74, 6) is 0. The third-order valence-corrected chi connectivity index (χ3v) is 4.99.